The number of carboxylic acid groups (broad SMARTS) is 1. The second-order valence-corrected chi connectivity index (χ2v) is 6.14. The van der Waals surface area contributed by atoms with Crippen LogP contribution in [0.5, 0.6) is 0 Å². The highest BCUT2D eigenvalue weighted by atomic mass is 16.5. The lowest BCUT2D eigenvalue weighted by atomic mass is 9.81. The summed E-state index contributed by atoms with van der Waals surface area (Å²) >= 11 is 0. The second-order valence-electron chi connectivity index (χ2n) is 6.14. The third-order valence-corrected chi connectivity index (χ3v) is 4.71. The number of rotatable bonds is 3. The van der Waals surface area contributed by atoms with Crippen LogP contribution in [0.3, 0.4) is 0 Å². The molecular formula is C17H21NO4. The first kappa shape index (κ1) is 15.0. The van der Waals surface area contributed by atoms with Gasteiger partial charge in [0.1, 0.15) is 5.54 Å². The number of hydrogen-bond acceptors (Lipinski definition) is 3. The number of hydrogen-bond donors (Lipinski definition) is 2. The van der Waals surface area contributed by atoms with E-state index in [9.17, 15) is 14.7 Å². The quantitative estimate of drug-likeness (QED) is 0.897. The molecule has 1 fully saturated rings. The minimum Gasteiger partial charge on any atom is -0.480 e. The maximum absolute atomic E-state index is 12.6. The van der Waals surface area contributed by atoms with Gasteiger partial charge in [0, 0.05) is 0 Å². The summed E-state index contributed by atoms with van der Waals surface area (Å²) in [5.41, 5.74) is 0.815. The Morgan fingerprint density at radius 2 is 1.91 bits per heavy atom. The Morgan fingerprint density at radius 1 is 1.18 bits per heavy atom. The normalized spacial score (nSPS) is 23.4. The minimum absolute atomic E-state index is 0.337. The number of amides is 1. The van der Waals surface area contributed by atoms with E-state index in [2.05, 4.69) is 5.32 Å². The van der Waals surface area contributed by atoms with Crippen LogP contribution in [0, 0.1) is 0 Å². The fourth-order valence-electron chi connectivity index (χ4n) is 3.46. The van der Waals surface area contributed by atoms with Crippen LogP contribution in [-0.2, 0) is 20.7 Å². The monoisotopic (exact) mass is 303 g/mol. The Morgan fingerprint density at radius 3 is 2.64 bits per heavy atom. The van der Waals surface area contributed by atoms with Crippen molar-refractivity contribution in [1.82, 2.24) is 5.32 Å². The average molecular weight is 303 g/mol. The number of aliphatic carboxylic acids is 1. The van der Waals surface area contributed by atoms with E-state index in [4.69, 9.17) is 4.74 Å². The topological polar surface area (TPSA) is 75.6 Å². The van der Waals surface area contributed by atoms with Gasteiger partial charge in [0.25, 0.3) is 5.91 Å². The number of carbonyl (C=O) groups is 2. The number of nitrogens with one attached hydrogen (secondary N) is 1. The van der Waals surface area contributed by atoms with Crippen molar-refractivity contribution >= 4 is 11.9 Å². The lowest BCUT2D eigenvalue weighted by Crippen LogP contribution is -2.57. The van der Waals surface area contributed by atoms with Gasteiger partial charge < -0.3 is 15.2 Å². The molecule has 5 nitrogen and oxygen atoms in total. The first-order chi connectivity index (χ1) is 10.6. The molecule has 0 saturated heterocycles. The Labute approximate surface area is 129 Å². The molecule has 1 aliphatic heterocycles. The molecule has 0 bridgehead atoms. The van der Waals surface area contributed by atoms with E-state index in [1.54, 1.807) is 0 Å². The summed E-state index contributed by atoms with van der Waals surface area (Å²) in [6.07, 6.45) is 3.73. The Bertz CT molecular complexity index is 578. The first-order valence-electron chi connectivity index (χ1n) is 7.87. The van der Waals surface area contributed by atoms with E-state index in [1.807, 2.05) is 24.3 Å². The summed E-state index contributed by atoms with van der Waals surface area (Å²) in [5, 5.41) is 12.4. The third kappa shape index (κ3) is 2.73. The van der Waals surface area contributed by atoms with Crippen LogP contribution in [0.15, 0.2) is 24.3 Å². The van der Waals surface area contributed by atoms with Crippen molar-refractivity contribution < 1.29 is 19.4 Å². The minimum atomic E-state index is -1.13. The molecule has 22 heavy (non-hydrogen) atoms. The molecule has 1 heterocycles. The fraction of sp³-hybridized carbons (Fsp3) is 0.529. The zero-order valence-corrected chi connectivity index (χ0v) is 12.5. The smallest absolute Gasteiger partial charge is 0.329 e. The van der Waals surface area contributed by atoms with E-state index in [1.165, 1.54) is 0 Å². The molecule has 5 heteroatoms. The maximum atomic E-state index is 12.6. The molecule has 1 aliphatic carbocycles. The van der Waals surface area contributed by atoms with Crippen molar-refractivity contribution in [2.24, 2.45) is 0 Å². The van der Waals surface area contributed by atoms with Gasteiger partial charge in [-0.3, -0.25) is 4.79 Å². The summed E-state index contributed by atoms with van der Waals surface area (Å²) in [5.74, 6) is -1.28. The molecule has 1 aromatic carbocycles. The molecule has 3 rings (SSSR count). The SMILES string of the molecule is O=C(NC1(C(=O)O)CCCCC1)C1OCCc2ccccc21. The van der Waals surface area contributed by atoms with E-state index >= 15 is 0 Å². The summed E-state index contributed by atoms with van der Waals surface area (Å²) in [6, 6.07) is 7.69. The van der Waals surface area contributed by atoms with Crippen molar-refractivity contribution in [3.05, 3.63) is 35.4 Å². The van der Waals surface area contributed by atoms with Crippen molar-refractivity contribution in [2.45, 2.75) is 50.2 Å². The van der Waals surface area contributed by atoms with E-state index in [0.717, 1.165) is 36.8 Å². The molecule has 1 amide bonds. The summed E-state index contributed by atoms with van der Waals surface area (Å²) in [7, 11) is 0. The highest BCUT2D eigenvalue weighted by Gasteiger charge is 2.43. The molecule has 1 unspecified atom stereocenters. The van der Waals surface area contributed by atoms with Crippen LogP contribution in [0.2, 0.25) is 0 Å². The van der Waals surface area contributed by atoms with Crippen molar-refractivity contribution in [2.75, 3.05) is 6.61 Å². The first-order valence-corrected chi connectivity index (χ1v) is 7.87. The molecule has 2 N–H and O–H groups in total. The van der Waals surface area contributed by atoms with Gasteiger partial charge in [0.2, 0.25) is 0 Å². The largest absolute Gasteiger partial charge is 0.480 e. The second kappa shape index (κ2) is 6.08. The zero-order chi connectivity index (χ0) is 15.6. The summed E-state index contributed by atoms with van der Waals surface area (Å²) in [4.78, 5) is 24.3. The molecular weight excluding hydrogens is 282 g/mol. The Kier molecular flexibility index (Phi) is 4.16. The summed E-state index contributed by atoms with van der Waals surface area (Å²) < 4.78 is 5.63. The van der Waals surface area contributed by atoms with Gasteiger partial charge in [-0.2, -0.15) is 0 Å². The molecule has 1 aromatic rings. The van der Waals surface area contributed by atoms with E-state index in [0.29, 0.717) is 19.4 Å². The maximum Gasteiger partial charge on any atom is 0.329 e. The lowest BCUT2D eigenvalue weighted by molar-refractivity contribution is -0.152. The van der Waals surface area contributed by atoms with Crippen molar-refractivity contribution in [3.63, 3.8) is 0 Å². The number of benzene rings is 1. The Balaban J connectivity index is 1.81. The van der Waals surface area contributed by atoms with E-state index in [-0.39, 0.29) is 5.91 Å². The molecule has 0 spiro atoms. The van der Waals surface area contributed by atoms with Gasteiger partial charge in [-0.15, -0.1) is 0 Å². The standard InChI is InChI=1S/C17H21NO4/c19-15(18-17(16(20)21)9-4-1-5-10-17)14-13-7-3-2-6-12(13)8-11-22-14/h2-3,6-7,14H,1,4-5,8-11H2,(H,18,19)(H,20,21). The number of fused-ring (bicyclic) bond motifs is 1. The predicted octanol–water partition coefficient (Wildman–Crippen LogP) is 2.20. The molecule has 1 atom stereocenters. The zero-order valence-electron chi connectivity index (χ0n) is 12.5. The van der Waals surface area contributed by atoms with Gasteiger partial charge >= 0.3 is 5.97 Å². The van der Waals surface area contributed by atoms with Gasteiger partial charge in [-0.25, -0.2) is 4.79 Å². The fourth-order valence-corrected chi connectivity index (χ4v) is 3.46. The van der Waals surface area contributed by atoms with Crippen LogP contribution >= 0.6 is 0 Å². The highest BCUT2D eigenvalue weighted by Crippen LogP contribution is 2.32. The van der Waals surface area contributed by atoms with Crippen molar-refractivity contribution in [3.8, 4) is 0 Å². The molecule has 1 saturated carbocycles. The van der Waals surface area contributed by atoms with Crippen LogP contribution in [0.1, 0.15) is 49.3 Å². The van der Waals surface area contributed by atoms with Gasteiger partial charge in [0.15, 0.2) is 6.10 Å². The molecule has 0 radical (unpaired) electrons. The molecule has 2 aliphatic rings. The summed E-state index contributed by atoms with van der Waals surface area (Å²) in [6.45, 7) is 0.481. The van der Waals surface area contributed by atoms with Crippen LogP contribution in [-0.4, -0.2) is 29.1 Å². The van der Waals surface area contributed by atoms with Crippen LogP contribution in [0.25, 0.3) is 0 Å². The lowest BCUT2D eigenvalue weighted by Gasteiger charge is -2.36. The number of carboxylic acids is 1. The predicted molar refractivity (Wildman–Crippen MR) is 80.4 cm³/mol. The average Bonchev–Trinajstić information content (AvgIpc) is 2.55. The van der Waals surface area contributed by atoms with Gasteiger partial charge in [0.05, 0.1) is 6.61 Å². The van der Waals surface area contributed by atoms with Crippen LogP contribution < -0.4 is 5.32 Å². The van der Waals surface area contributed by atoms with Crippen LogP contribution in [0.4, 0.5) is 0 Å². The molecule has 0 aromatic heterocycles. The number of carbonyl (C=O) groups excluding carboxylic acids is 1. The van der Waals surface area contributed by atoms with E-state index < -0.39 is 17.6 Å². The van der Waals surface area contributed by atoms with Gasteiger partial charge in [-0.1, -0.05) is 43.5 Å². The molecule has 118 valence electrons. The number of ether oxygens (including phenoxy) is 1. The Hall–Kier alpha value is -1.88. The van der Waals surface area contributed by atoms with Gasteiger partial charge in [-0.05, 0) is 30.4 Å². The third-order valence-electron chi connectivity index (χ3n) is 4.71. The van der Waals surface area contributed by atoms with Crippen molar-refractivity contribution in [1.29, 1.82) is 0 Å². The highest BCUT2D eigenvalue weighted by molar-refractivity contribution is 5.90.